The predicted octanol–water partition coefficient (Wildman–Crippen LogP) is 7.01. The lowest BCUT2D eigenvalue weighted by Crippen LogP contribution is -2.55. The Labute approximate surface area is 234 Å². The summed E-state index contributed by atoms with van der Waals surface area (Å²) in [5, 5.41) is 0. The molecule has 7 heteroatoms. The minimum Gasteiger partial charge on any atom is -0.495 e. The van der Waals surface area contributed by atoms with E-state index in [1.807, 2.05) is 120 Å². The van der Waals surface area contributed by atoms with Crippen LogP contribution in [0.25, 0.3) is 12.2 Å². The fourth-order valence-corrected chi connectivity index (χ4v) is 5.30. The third kappa shape index (κ3) is 4.66. The van der Waals surface area contributed by atoms with Gasteiger partial charge in [0.25, 0.3) is 0 Å². The first-order valence-corrected chi connectivity index (χ1v) is 13.4. The van der Waals surface area contributed by atoms with Crippen LogP contribution in [0.2, 0.25) is 0 Å². The molecule has 4 aromatic rings. The van der Waals surface area contributed by atoms with E-state index < -0.39 is 0 Å². The molecule has 0 aromatic heterocycles. The van der Waals surface area contributed by atoms with E-state index in [0.29, 0.717) is 37.6 Å². The highest BCUT2D eigenvalue weighted by atomic mass is 16.5. The molecule has 7 nitrogen and oxygen atoms in total. The first-order valence-electron chi connectivity index (χ1n) is 13.4. The van der Waals surface area contributed by atoms with Gasteiger partial charge in [0.2, 0.25) is 0 Å². The zero-order valence-corrected chi connectivity index (χ0v) is 22.3. The Kier molecular flexibility index (Phi) is 6.93. The molecule has 0 saturated carbocycles. The second-order valence-corrected chi connectivity index (χ2v) is 9.67. The zero-order valence-electron chi connectivity index (χ0n) is 22.3. The lowest BCUT2D eigenvalue weighted by Gasteiger charge is -2.39. The van der Waals surface area contributed by atoms with Gasteiger partial charge in [-0.2, -0.15) is 0 Å². The highest BCUT2D eigenvalue weighted by molar-refractivity contribution is 6.06. The minimum atomic E-state index is -0.155. The largest absolute Gasteiger partial charge is 0.495 e. The van der Waals surface area contributed by atoms with Gasteiger partial charge in [-0.15, -0.1) is 0 Å². The van der Waals surface area contributed by atoms with E-state index in [1.165, 1.54) is 0 Å². The molecule has 0 unspecified atom stereocenters. The third-order valence-corrected chi connectivity index (χ3v) is 7.34. The Hall–Kier alpha value is -5.04. The van der Waals surface area contributed by atoms with Crippen molar-refractivity contribution >= 4 is 47.0 Å². The number of hydrogen-bond acceptors (Lipinski definition) is 3. The van der Waals surface area contributed by atoms with Gasteiger partial charge in [-0.25, -0.2) is 9.59 Å². The molecule has 0 aliphatic carbocycles. The van der Waals surface area contributed by atoms with Crippen molar-refractivity contribution in [3.8, 4) is 5.75 Å². The van der Waals surface area contributed by atoms with Crippen LogP contribution in [-0.2, 0) is 0 Å². The zero-order chi connectivity index (χ0) is 27.5. The van der Waals surface area contributed by atoms with Crippen molar-refractivity contribution in [3.05, 3.63) is 114 Å². The number of benzene rings is 4. The van der Waals surface area contributed by atoms with Crippen molar-refractivity contribution in [2.24, 2.45) is 0 Å². The number of anilines is 4. The van der Waals surface area contributed by atoms with Crippen LogP contribution < -0.4 is 14.5 Å². The minimum absolute atomic E-state index is 0.0969. The molecule has 6 rings (SSSR count). The van der Waals surface area contributed by atoms with E-state index in [1.54, 1.807) is 21.8 Å². The monoisotopic (exact) mass is 530 g/mol. The van der Waals surface area contributed by atoms with Crippen molar-refractivity contribution in [1.29, 1.82) is 0 Å². The summed E-state index contributed by atoms with van der Waals surface area (Å²) >= 11 is 0. The van der Waals surface area contributed by atoms with Gasteiger partial charge in [0.15, 0.2) is 0 Å². The van der Waals surface area contributed by atoms with Crippen LogP contribution in [0.1, 0.15) is 11.1 Å². The second kappa shape index (κ2) is 11.0. The maximum absolute atomic E-state index is 14.1. The highest BCUT2D eigenvalue weighted by Gasteiger charge is 2.33. The highest BCUT2D eigenvalue weighted by Crippen LogP contribution is 2.38. The summed E-state index contributed by atoms with van der Waals surface area (Å²) in [5.74, 6) is 0.612. The van der Waals surface area contributed by atoms with E-state index >= 15 is 0 Å². The van der Waals surface area contributed by atoms with Crippen LogP contribution in [0.4, 0.5) is 32.3 Å². The van der Waals surface area contributed by atoms with Crippen LogP contribution in [0.15, 0.2) is 103 Å². The Morgan fingerprint density at radius 3 is 1.80 bits per heavy atom. The molecule has 200 valence electrons. The number of fused-ring (bicyclic) bond motifs is 2. The van der Waals surface area contributed by atoms with Crippen LogP contribution in [0, 0.1) is 0 Å². The molecule has 1 fully saturated rings. The molecule has 0 bridgehead atoms. The summed E-state index contributed by atoms with van der Waals surface area (Å²) in [6.45, 7) is 1.68. The number of hydrogen-bond donors (Lipinski definition) is 0. The topological polar surface area (TPSA) is 56.3 Å². The number of amides is 4. The van der Waals surface area contributed by atoms with Gasteiger partial charge >= 0.3 is 12.1 Å². The average Bonchev–Trinajstić information content (AvgIpc) is 3.19. The fourth-order valence-electron chi connectivity index (χ4n) is 5.30. The Morgan fingerprint density at radius 2 is 1.18 bits per heavy atom. The van der Waals surface area contributed by atoms with E-state index in [0.717, 1.165) is 28.2 Å². The quantitative estimate of drug-likeness (QED) is 0.286. The summed E-state index contributed by atoms with van der Waals surface area (Å²) in [6.07, 6.45) is 4.10. The molecule has 1 saturated heterocycles. The molecule has 0 N–H and O–H groups in total. The van der Waals surface area contributed by atoms with Crippen molar-refractivity contribution in [2.75, 3.05) is 43.1 Å². The van der Waals surface area contributed by atoms with Crippen LogP contribution in [0.3, 0.4) is 0 Å². The first-order chi connectivity index (χ1) is 19.7. The van der Waals surface area contributed by atoms with Gasteiger partial charge in [0.05, 0.1) is 29.9 Å². The lowest BCUT2D eigenvalue weighted by atomic mass is 10.1. The SMILES string of the molecule is COc1ccccc1N(C(=O)N1CCN(C(=O)N2c3ccccc3C=Cc3ccccc32)CC1)c1ccccc1. The number of carbonyl (C=O) groups excluding carboxylic acids is 2. The summed E-state index contributed by atoms with van der Waals surface area (Å²) in [6, 6.07) is 32.7. The van der Waals surface area contributed by atoms with Crippen molar-refractivity contribution in [2.45, 2.75) is 0 Å². The molecular weight excluding hydrogens is 500 g/mol. The maximum Gasteiger partial charge on any atom is 0.329 e. The van der Waals surface area contributed by atoms with E-state index in [2.05, 4.69) is 0 Å². The van der Waals surface area contributed by atoms with Crippen molar-refractivity contribution in [3.63, 3.8) is 0 Å². The van der Waals surface area contributed by atoms with Gasteiger partial charge in [-0.05, 0) is 47.5 Å². The number of methoxy groups -OCH3 is 1. The number of nitrogens with zero attached hydrogens (tertiary/aromatic N) is 4. The molecule has 0 radical (unpaired) electrons. The smallest absolute Gasteiger partial charge is 0.329 e. The summed E-state index contributed by atoms with van der Waals surface area (Å²) < 4.78 is 5.59. The van der Waals surface area contributed by atoms with Crippen LogP contribution in [-0.4, -0.2) is 55.2 Å². The molecule has 2 aliphatic rings. The molecule has 0 spiro atoms. The molecule has 0 atom stereocenters. The van der Waals surface area contributed by atoms with Gasteiger partial charge in [0.1, 0.15) is 5.75 Å². The van der Waals surface area contributed by atoms with Crippen LogP contribution in [0.5, 0.6) is 5.75 Å². The van der Waals surface area contributed by atoms with E-state index in [-0.39, 0.29) is 12.1 Å². The summed E-state index contributed by atoms with van der Waals surface area (Å²) in [5.41, 5.74) is 5.08. The Balaban J connectivity index is 1.25. The van der Waals surface area contributed by atoms with Gasteiger partial charge in [-0.1, -0.05) is 78.9 Å². The molecule has 4 aromatic carbocycles. The molecule has 40 heavy (non-hydrogen) atoms. The number of para-hydroxylation sites is 5. The molecule has 2 heterocycles. The molecule has 4 amide bonds. The number of ether oxygens (including phenoxy) is 1. The van der Waals surface area contributed by atoms with Crippen LogP contribution >= 0.6 is 0 Å². The Morgan fingerprint density at radius 1 is 0.650 bits per heavy atom. The van der Waals surface area contributed by atoms with Crippen molar-refractivity contribution < 1.29 is 14.3 Å². The predicted molar refractivity (Wildman–Crippen MR) is 159 cm³/mol. The standard InChI is InChI=1S/C33H30N4O3/c1-40-31-18-10-9-17-30(31)36(27-13-3-2-4-14-27)32(38)34-21-23-35(24-22-34)33(39)37-28-15-7-5-11-25(28)19-20-26-12-6-8-16-29(26)37/h2-20H,21-24H2,1H3. The first kappa shape index (κ1) is 25.2. The molecule has 2 aliphatic heterocycles. The molecular formula is C33H30N4O3. The summed E-state index contributed by atoms with van der Waals surface area (Å²) in [7, 11) is 1.60. The van der Waals surface area contributed by atoms with Crippen molar-refractivity contribution in [1.82, 2.24) is 9.80 Å². The third-order valence-electron chi connectivity index (χ3n) is 7.34. The lowest BCUT2D eigenvalue weighted by molar-refractivity contribution is 0.152. The number of urea groups is 2. The number of carbonyl (C=O) groups is 2. The van der Waals surface area contributed by atoms with E-state index in [4.69, 9.17) is 4.74 Å². The second-order valence-electron chi connectivity index (χ2n) is 9.67. The van der Waals surface area contributed by atoms with E-state index in [9.17, 15) is 9.59 Å². The summed E-state index contributed by atoms with van der Waals surface area (Å²) in [4.78, 5) is 35.2. The number of rotatable bonds is 3. The number of piperazine rings is 1. The normalized spacial score (nSPS) is 14.2. The van der Waals surface area contributed by atoms with Gasteiger partial charge < -0.3 is 14.5 Å². The maximum atomic E-state index is 14.1. The average molecular weight is 531 g/mol. The van der Waals surface area contributed by atoms with Gasteiger partial charge in [0, 0.05) is 26.2 Å². The van der Waals surface area contributed by atoms with Gasteiger partial charge in [-0.3, -0.25) is 9.80 Å². The fraction of sp³-hybridized carbons (Fsp3) is 0.152. The Bertz CT molecular complexity index is 1510.